The molecule has 2 N–H and O–H groups in total. The molecule has 0 bridgehead atoms. The maximum atomic E-state index is 12.9. The fraction of sp³-hybridized carbons (Fsp3) is 0.200. The van der Waals surface area contributed by atoms with E-state index < -0.39 is 9.84 Å². The van der Waals surface area contributed by atoms with Crippen LogP contribution in [0.4, 0.5) is 11.8 Å². The number of hydrogen-bond acceptors (Lipinski definition) is 6. The number of anilines is 2. The number of hydrogen-bond donors (Lipinski definition) is 1. The Morgan fingerprint density at radius 3 is 2.59 bits per heavy atom. The van der Waals surface area contributed by atoms with Crippen LogP contribution in [0.5, 0.6) is 0 Å². The second kappa shape index (κ2) is 6.66. The Kier molecular flexibility index (Phi) is 4.31. The van der Waals surface area contributed by atoms with Crippen molar-refractivity contribution in [3.8, 4) is 0 Å². The van der Waals surface area contributed by atoms with Crippen molar-refractivity contribution in [3.05, 3.63) is 71.4 Å². The topological polar surface area (TPSA) is 89.2 Å². The van der Waals surface area contributed by atoms with Gasteiger partial charge in [0.25, 0.3) is 0 Å². The molecule has 1 aromatic heterocycles. The lowest BCUT2D eigenvalue weighted by molar-refractivity contribution is 0.595. The molecule has 0 atom stereocenters. The van der Waals surface area contributed by atoms with Crippen LogP contribution in [-0.2, 0) is 22.8 Å². The molecule has 0 saturated carbocycles. The van der Waals surface area contributed by atoms with Crippen LogP contribution in [0.3, 0.4) is 0 Å². The van der Waals surface area contributed by atoms with Crippen LogP contribution >= 0.6 is 0 Å². The van der Waals surface area contributed by atoms with E-state index in [9.17, 15) is 8.42 Å². The Morgan fingerprint density at radius 2 is 1.85 bits per heavy atom. The van der Waals surface area contributed by atoms with Gasteiger partial charge in [-0.2, -0.15) is 4.98 Å². The van der Waals surface area contributed by atoms with Crippen LogP contribution in [-0.4, -0.2) is 24.9 Å². The van der Waals surface area contributed by atoms with Gasteiger partial charge in [-0.25, -0.2) is 13.4 Å². The number of nitrogens with zero attached hydrogens (tertiary/aromatic N) is 3. The maximum Gasteiger partial charge on any atom is 0.227 e. The molecule has 3 aromatic rings. The van der Waals surface area contributed by atoms with Gasteiger partial charge in [0.2, 0.25) is 15.8 Å². The first-order valence-corrected chi connectivity index (χ1v) is 10.2. The van der Waals surface area contributed by atoms with Gasteiger partial charge in [-0.1, -0.05) is 36.4 Å². The predicted octanol–water partition coefficient (Wildman–Crippen LogP) is 2.76. The Balaban J connectivity index is 1.66. The van der Waals surface area contributed by atoms with Gasteiger partial charge in [0.1, 0.15) is 10.7 Å². The fourth-order valence-corrected chi connectivity index (χ4v) is 4.67. The predicted molar refractivity (Wildman–Crippen MR) is 104 cm³/mol. The highest BCUT2D eigenvalue weighted by molar-refractivity contribution is 7.91. The molecular formula is C20H20N4O2S. The molecular weight excluding hydrogens is 360 g/mol. The van der Waals surface area contributed by atoms with Crippen molar-refractivity contribution in [1.82, 2.24) is 9.97 Å². The van der Waals surface area contributed by atoms with E-state index in [0.717, 1.165) is 18.5 Å². The molecule has 1 aliphatic heterocycles. The Labute approximate surface area is 158 Å². The zero-order valence-electron chi connectivity index (χ0n) is 15.0. The highest BCUT2D eigenvalue weighted by Gasteiger charge is 2.24. The van der Waals surface area contributed by atoms with Crippen molar-refractivity contribution in [1.29, 1.82) is 0 Å². The van der Waals surface area contributed by atoms with Gasteiger partial charge in [-0.3, -0.25) is 0 Å². The standard InChI is InChI=1S/C20H20N4O2S/c1-14-5-4-8-17(11-14)27(25,26)18-12-22-20(23-19(18)21)24-10-9-15-6-2-3-7-16(15)13-24/h2-8,11-12H,9-10,13H2,1H3,(H2,21,22,23). The zero-order chi connectivity index (χ0) is 19.0. The monoisotopic (exact) mass is 380 g/mol. The first kappa shape index (κ1) is 17.5. The number of nitrogens with two attached hydrogens (primary N) is 1. The number of aromatic nitrogens is 2. The normalized spacial score (nSPS) is 14.0. The van der Waals surface area contributed by atoms with Crippen molar-refractivity contribution in [2.24, 2.45) is 0 Å². The summed E-state index contributed by atoms with van der Waals surface area (Å²) in [6.45, 7) is 3.29. The third-order valence-corrected chi connectivity index (χ3v) is 6.54. The van der Waals surface area contributed by atoms with E-state index in [0.29, 0.717) is 12.5 Å². The molecule has 2 aromatic carbocycles. The molecule has 2 heterocycles. The first-order valence-electron chi connectivity index (χ1n) is 8.71. The summed E-state index contributed by atoms with van der Waals surface area (Å²) in [5.74, 6) is 0.422. The molecule has 0 spiro atoms. The van der Waals surface area contributed by atoms with Gasteiger partial charge in [0.15, 0.2) is 0 Å². The number of benzene rings is 2. The van der Waals surface area contributed by atoms with Gasteiger partial charge in [-0.05, 0) is 42.2 Å². The summed E-state index contributed by atoms with van der Waals surface area (Å²) in [4.78, 5) is 10.8. The number of rotatable bonds is 3. The average molecular weight is 380 g/mol. The van der Waals surface area contributed by atoms with Crippen molar-refractivity contribution in [2.45, 2.75) is 29.7 Å². The molecule has 0 fully saturated rings. The molecule has 0 radical (unpaired) electrons. The van der Waals surface area contributed by atoms with Crippen LogP contribution in [0.15, 0.2) is 64.5 Å². The summed E-state index contributed by atoms with van der Waals surface area (Å²) in [5.41, 5.74) is 9.43. The lowest BCUT2D eigenvalue weighted by Gasteiger charge is -2.29. The summed E-state index contributed by atoms with van der Waals surface area (Å²) in [6.07, 6.45) is 2.21. The van der Waals surface area contributed by atoms with Crippen LogP contribution in [0.2, 0.25) is 0 Å². The van der Waals surface area contributed by atoms with E-state index >= 15 is 0 Å². The SMILES string of the molecule is Cc1cccc(S(=O)(=O)c2cnc(N3CCc4ccccc4C3)nc2N)c1. The molecule has 0 aliphatic carbocycles. The molecule has 27 heavy (non-hydrogen) atoms. The molecule has 0 unspecified atom stereocenters. The van der Waals surface area contributed by atoms with Crippen molar-refractivity contribution < 1.29 is 8.42 Å². The maximum absolute atomic E-state index is 12.9. The molecule has 0 saturated heterocycles. The van der Waals surface area contributed by atoms with Crippen LogP contribution < -0.4 is 10.6 Å². The van der Waals surface area contributed by atoms with Crippen molar-refractivity contribution >= 4 is 21.6 Å². The van der Waals surface area contributed by atoms with Crippen molar-refractivity contribution in [3.63, 3.8) is 0 Å². The molecule has 6 nitrogen and oxygen atoms in total. The molecule has 138 valence electrons. The number of nitrogen functional groups attached to an aromatic ring is 1. The third kappa shape index (κ3) is 3.26. The molecule has 4 rings (SSSR count). The van der Waals surface area contributed by atoms with Gasteiger partial charge in [0.05, 0.1) is 11.1 Å². The van der Waals surface area contributed by atoms with E-state index in [2.05, 4.69) is 22.1 Å². The summed E-state index contributed by atoms with van der Waals surface area (Å²) >= 11 is 0. The molecule has 7 heteroatoms. The summed E-state index contributed by atoms with van der Waals surface area (Å²) in [6, 6.07) is 15.0. The lowest BCUT2D eigenvalue weighted by atomic mass is 10.0. The number of aryl methyl sites for hydroxylation is 1. The zero-order valence-corrected chi connectivity index (χ0v) is 15.8. The minimum Gasteiger partial charge on any atom is -0.382 e. The second-order valence-electron chi connectivity index (χ2n) is 6.68. The minimum absolute atomic E-state index is 0.0274. The average Bonchev–Trinajstić information content (AvgIpc) is 2.67. The summed E-state index contributed by atoms with van der Waals surface area (Å²) < 4.78 is 25.8. The highest BCUT2D eigenvalue weighted by atomic mass is 32.2. The van der Waals surface area contributed by atoms with E-state index in [1.54, 1.807) is 18.2 Å². The number of sulfone groups is 1. The minimum atomic E-state index is -3.76. The highest BCUT2D eigenvalue weighted by Crippen LogP contribution is 2.27. The summed E-state index contributed by atoms with van der Waals surface area (Å²) in [7, 11) is -3.76. The second-order valence-corrected chi connectivity index (χ2v) is 8.60. The quantitative estimate of drug-likeness (QED) is 0.751. The van der Waals surface area contributed by atoms with Gasteiger partial charge >= 0.3 is 0 Å². The third-order valence-electron chi connectivity index (χ3n) is 4.77. The molecule has 0 amide bonds. The summed E-state index contributed by atoms with van der Waals surface area (Å²) in [5, 5.41) is 0. The fourth-order valence-electron chi connectivity index (χ4n) is 3.31. The lowest BCUT2D eigenvalue weighted by Crippen LogP contribution is -2.32. The van der Waals surface area contributed by atoms with Crippen LogP contribution in [0.25, 0.3) is 0 Å². The Hall–Kier alpha value is -2.93. The van der Waals surface area contributed by atoms with E-state index in [4.69, 9.17) is 5.73 Å². The van der Waals surface area contributed by atoms with Crippen LogP contribution in [0, 0.1) is 6.92 Å². The largest absolute Gasteiger partial charge is 0.382 e. The van der Waals surface area contributed by atoms with Gasteiger partial charge in [-0.15, -0.1) is 0 Å². The Morgan fingerprint density at radius 1 is 1.07 bits per heavy atom. The van der Waals surface area contributed by atoms with Gasteiger partial charge in [0, 0.05) is 13.1 Å². The van der Waals surface area contributed by atoms with Crippen LogP contribution in [0.1, 0.15) is 16.7 Å². The van der Waals surface area contributed by atoms with Crippen molar-refractivity contribution in [2.75, 3.05) is 17.2 Å². The van der Waals surface area contributed by atoms with E-state index in [1.807, 2.05) is 30.0 Å². The first-order chi connectivity index (χ1) is 12.9. The molecule has 1 aliphatic rings. The Bertz CT molecular complexity index is 1110. The van der Waals surface area contributed by atoms with Gasteiger partial charge < -0.3 is 10.6 Å². The van der Waals surface area contributed by atoms with E-state index in [-0.39, 0.29) is 15.6 Å². The smallest absolute Gasteiger partial charge is 0.227 e. The van der Waals surface area contributed by atoms with E-state index in [1.165, 1.54) is 17.3 Å². The number of fused-ring (bicyclic) bond motifs is 1.